The van der Waals surface area contributed by atoms with Gasteiger partial charge in [-0.05, 0) is 42.7 Å². The Labute approximate surface area is 162 Å². The van der Waals surface area contributed by atoms with Gasteiger partial charge in [-0.25, -0.2) is 4.39 Å². The third-order valence-corrected chi connectivity index (χ3v) is 5.09. The molecule has 1 heterocycles. The molecule has 1 aliphatic carbocycles. The van der Waals surface area contributed by atoms with Gasteiger partial charge in [0.15, 0.2) is 5.78 Å². The largest absolute Gasteiger partial charge is 0.385 e. The molecule has 0 spiro atoms. The maximum atomic E-state index is 13.5. The highest BCUT2D eigenvalue weighted by molar-refractivity contribution is 6.09. The van der Waals surface area contributed by atoms with Crippen LogP contribution in [0.5, 0.6) is 0 Å². The summed E-state index contributed by atoms with van der Waals surface area (Å²) in [4.78, 5) is 25.9. The summed E-state index contributed by atoms with van der Waals surface area (Å²) < 4.78 is 13.5. The van der Waals surface area contributed by atoms with Crippen LogP contribution in [0.3, 0.4) is 0 Å². The minimum absolute atomic E-state index is 0.0133. The zero-order chi connectivity index (χ0) is 19.7. The van der Waals surface area contributed by atoms with Crippen LogP contribution in [-0.4, -0.2) is 11.7 Å². The standard InChI is InChI=1S/C22H20FN3O2/c23-14-11-9-13(10-12-14)18-19-16(7-4-8-17(19)27)26-21(24)20(18)22(28)25-15-5-2-1-3-6-15/h1-3,5-6,9-12,18,26H,4,7-8,24H2,(H,25,28). The van der Waals surface area contributed by atoms with Gasteiger partial charge in [0.25, 0.3) is 5.91 Å². The molecule has 1 unspecified atom stereocenters. The Bertz CT molecular complexity index is 994. The molecular weight excluding hydrogens is 357 g/mol. The first-order chi connectivity index (χ1) is 13.5. The summed E-state index contributed by atoms with van der Waals surface area (Å²) in [5.74, 6) is -1.20. The molecule has 2 aliphatic rings. The number of ketones is 1. The fraction of sp³-hybridized carbons (Fsp3) is 0.182. The third-order valence-electron chi connectivity index (χ3n) is 5.09. The Hall–Kier alpha value is -3.41. The fourth-order valence-electron chi connectivity index (χ4n) is 3.82. The first-order valence-electron chi connectivity index (χ1n) is 9.19. The molecule has 4 rings (SSSR count). The van der Waals surface area contributed by atoms with Gasteiger partial charge in [0, 0.05) is 29.3 Å². The van der Waals surface area contributed by atoms with Gasteiger partial charge in [-0.15, -0.1) is 0 Å². The molecule has 142 valence electrons. The summed E-state index contributed by atoms with van der Waals surface area (Å²) in [6.45, 7) is 0. The van der Waals surface area contributed by atoms with Gasteiger partial charge in [0.2, 0.25) is 0 Å². The van der Waals surface area contributed by atoms with Crippen molar-refractivity contribution in [2.45, 2.75) is 25.2 Å². The summed E-state index contributed by atoms with van der Waals surface area (Å²) in [5, 5.41) is 5.90. The second-order valence-corrected chi connectivity index (χ2v) is 6.93. The van der Waals surface area contributed by atoms with Crippen molar-refractivity contribution in [1.29, 1.82) is 0 Å². The van der Waals surface area contributed by atoms with E-state index in [4.69, 9.17) is 5.73 Å². The molecule has 6 heteroatoms. The molecule has 4 N–H and O–H groups in total. The number of para-hydroxylation sites is 1. The Balaban J connectivity index is 1.79. The lowest BCUT2D eigenvalue weighted by atomic mass is 9.75. The topological polar surface area (TPSA) is 84.2 Å². The van der Waals surface area contributed by atoms with Crippen LogP contribution in [0.4, 0.5) is 10.1 Å². The summed E-state index contributed by atoms with van der Waals surface area (Å²) in [6, 6.07) is 14.9. The summed E-state index contributed by atoms with van der Waals surface area (Å²) in [6.07, 6.45) is 1.85. The van der Waals surface area contributed by atoms with Crippen LogP contribution in [0.25, 0.3) is 0 Å². The number of Topliss-reactive ketones (excluding diaryl/α,β-unsaturated/α-hetero) is 1. The number of amides is 1. The zero-order valence-corrected chi connectivity index (χ0v) is 15.2. The van der Waals surface area contributed by atoms with Crippen LogP contribution in [0, 0.1) is 5.82 Å². The van der Waals surface area contributed by atoms with E-state index in [2.05, 4.69) is 10.6 Å². The molecule has 1 atom stereocenters. The molecule has 1 amide bonds. The number of carbonyl (C=O) groups excluding carboxylic acids is 2. The highest BCUT2D eigenvalue weighted by atomic mass is 19.1. The molecule has 0 saturated carbocycles. The molecule has 0 radical (unpaired) electrons. The molecule has 1 aliphatic heterocycles. The number of rotatable bonds is 3. The van der Waals surface area contributed by atoms with Gasteiger partial charge in [-0.3, -0.25) is 9.59 Å². The van der Waals surface area contributed by atoms with Crippen LogP contribution in [0.1, 0.15) is 30.7 Å². The number of nitrogens with two attached hydrogens (primary N) is 1. The maximum absolute atomic E-state index is 13.5. The minimum atomic E-state index is -0.631. The zero-order valence-electron chi connectivity index (χ0n) is 15.2. The van der Waals surface area contributed by atoms with Crippen molar-refractivity contribution in [1.82, 2.24) is 5.32 Å². The van der Waals surface area contributed by atoms with Crippen molar-refractivity contribution < 1.29 is 14.0 Å². The molecule has 5 nitrogen and oxygen atoms in total. The maximum Gasteiger partial charge on any atom is 0.256 e. The van der Waals surface area contributed by atoms with Crippen LogP contribution in [-0.2, 0) is 9.59 Å². The number of anilines is 1. The first-order valence-corrected chi connectivity index (χ1v) is 9.19. The number of nitrogens with one attached hydrogen (secondary N) is 2. The average Bonchev–Trinajstić information content (AvgIpc) is 2.68. The van der Waals surface area contributed by atoms with Crippen molar-refractivity contribution in [3.8, 4) is 0 Å². The van der Waals surface area contributed by atoms with E-state index in [9.17, 15) is 14.0 Å². The molecule has 0 aromatic heterocycles. The number of halogens is 1. The van der Waals surface area contributed by atoms with Crippen molar-refractivity contribution in [2.75, 3.05) is 5.32 Å². The van der Waals surface area contributed by atoms with Gasteiger partial charge in [-0.1, -0.05) is 30.3 Å². The van der Waals surface area contributed by atoms with E-state index in [1.807, 2.05) is 18.2 Å². The SMILES string of the molecule is NC1=C(C(=O)Nc2ccccc2)C(c2ccc(F)cc2)C2=C(CCCC2=O)N1. The van der Waals surface area contributed by atoms with Gasteiger partial charge < -0.3 is 16.4 Å². The lowest BCUT2D eigenvalue weighted by Gasteiger charge is -2.34. The van der Waals surface area contributed by atoms with Gasteiger partial charge in [0.1, 0.15) is 11.6 Å². The highest BCUT2D eigenvalue weighted by Crippen LogP contribution is 2.41. The summed E-state index contributed by atoms with van der Waals surface area (Å²) >= 11 is 0. The monoisotopic (exact) mass is 377 g/mol. The van der Waals surface area contributed by atoms with E-state index < -0.39 is 11.8 Å². The van der Waals surface area contributed by atoms with Gasteiger partial charge in [-0.2, -0.15) is 0 Å². The van der Waals surface area contributed by atoms with Crippen molar-refractivity contribution in [3.05, 3.63) is 88.6 Å². The molecule has 0 bridgehead atoms. The van der Waals surface area contributed by atoms with E-state index in [0.717, 1.165) is 12.1 Å². The molecule has 2 aromatic rings. The second-order valence-electron chi connectivity index (χ2n) is 6.93. The lowest BCUT2D eigenvalue weighted by Crippen LogP contribution is -2.38. The fourth-order valence-corrected chi connectivity index (χ4v) is 3.82. The van der Waals surface area contributed by atoms with Gasteiger partial charge in [0.05, 0.1) is 5.57 Å². The summed E-state index contributed by atoms with van der Waals surface area (Å²) in [5.41, 5.74) is 9.08. The predicted molar refractivity (Wildman–Crippen MR) is 104 cm³/mol. The van der Waals surface area contributed by atoms with E-state index in [-0.39, 0.29) is 23.0 Å². The van der Waals surface area contributed by atoms with Crippen LogP contribution in [0.15, 0.2) is 77.3 Å². The molecular formula is C22H20FN3O2. The smallest absolute Gasteiger partial charge is 0.256 e. The van der Waals surface area contributed by atoms with E-state index in [1.165, 1.54) is 12.1 Å². The Morgan fingerprint density at radius 1 is 1.07 bits per heavy atom. The quantitative estimate of drug-likeness (QED) is 0.766. The normalized spacial score (nSPS) is 19.2. The van der Waals surface area contributed by atoms with Crippen molar-refractivity contribution in [2.24, 2.45) is 5.73 Å². The van der Waals surface area contributed by atoms with Crippen LogP contribution in [0.2, 0.25) is 0 Å². The number of dihydropyridines is 1. The Morgan fingerprint density at radius 2 is 1.79 bits per heavy atom. The van der Waals surface area contributed by atoms with Crippen molar-refractivity contribution >= 4 is 17.4 Å². The summed E-state index contributed by atoms with van der Waals surface area (Å²) in [7, 11) is 0. The minimum Gasteiger partial charge on any atom is -0.385 e. The lowest BCUT2D eigenvalue weighted by molar-refractivity contribution is -0.116. The van der Waals surface area contributed by atoms with Gasteiger partial charge >= 0.3 is 0 Å². The van der Waals surface area contributed by atoms with E-state index in [0.29, 0.717) is 29.7 Å². The Morgan fingerprint density at radius 3 is 2.50 bits per heavy atom. The molecule has 0 fully saturated rings. The van der Waals surface area contributed by atoms with Crippen molar-refractivity contribution in [3.63, 3.8) is 0 Å². The third kappa shape index (κ3) is 3.29. The molecule has 0 saturated heterocycles. The molecule has 2 aromatic carbocycles. The Kier molecular flexibility index (Phi) is 4.69. The average molecular weight is 377 g/mol. The highest BCUT2D eigenvalue weighted by Gasteiger charge is 2.38. The predicted octanol–water partition coefficient (Wildman–Crippen LogP) is 3.33. The first kappa shape index (κ1) is 18.0. The number of carbonyl (C=O) groups is 2. The number of benzene rings is 2. The van der Waals surface area contributed by atoms with Crippen LogP contribution < -0.4 is 16.4 Å². The number of hydrogen-bond donors (Lipinski definition) is 3. The van der Waals surface area contributed by atoms with E-state index in [1.54, 1.807) is 24.3 Å². The van der Waals surface area contributed by atoms with E-state index >= 15 is 0 Å². The number of hydrogen-bond acceptors (Lipinski definition) is 4. The second kappa shape index (κ2) is 7.31. The van der Waals surface area contributed by atoms with Crippen LogP contribution >= 0.6 is 0 Å². The number of allylic oxidation sites excluding steroid dienone is 2. The molecule has 28 heavy (non-hydrogen) atoms.